The number of aryl methyl sites for hydroxylation is 2. The van der Waals surface area contributed by atoms with Crippen molar-refractivity contribution in [1.82, 2.24) is 10.5 Å². The molecule has 0 spiro atoms. The molecule has 1 fully saturated rings. The van der Waals surface area contributed by atoms with Crippen LogP contribution in [0, 0.1) is 19.8 Å². The predicted octanol–water partition coefficient (Wildman–Crippen LogP) is 3.44. The smallest absolute Gasteiger partial charge is 0.252 e. The van der Waals surface area contributed by atoms with Crippen LogP contribution in [0.3, 0.4) is 0 Å². The number of rotatable bonds is 6. The van der Waals surface area contributed by atoms with E-state index in [1.807, 2.05) is 38.1 Å². The Labute approximate surface area is 152 Å². The highest BCUT2D eigenvalue weighted by Crippen LogP contribution is 2.30. The molecule has 3 N–H and O–H groups in total. The molecule has 1 aromatic heterocycles. The van der Waals surface area contributed by atoms with Crippen molar-refractivity contribution in [3.8, 4) is 0 Å². The van der Waals surface area contributed by atoms with Crippen LogP contribution in [0.1, 0.15) is 46.6 Å². The largest absolute Gasteiger partial charge is 0.361 e. The van der Waals surface area contributed by atoms with Gasteiger partial charge < -0.3 is 15.6 Å². The molecule has 1 aliphatic carbocycles. The van der Waals surface area contributed by atoms with Crippen LogP contribution in [-0.4, -0.2) is 23.7 Å². The van der Waals surface area contributed by atoms with Crippen LogP contribution < -0.4 is 11.1 Å². The highest BCUT2D eigenvalue weighted by molar-refractivity contribution is 7.98. The average Bonchev–Trinajstić information content (AvgIpc) is 3.19. The normalized spacial score (nSPS) is 20.0. The zero-order chi connectivity index (χ0) is 17.8. The van der Waals surface area contributed by atoms with Crippen LogP contribution in [0.25, 0.3) is 0 Å². The maximum atomic E-state index is 12.8. The van der Waals surface area contributed by atoms with E-state index in [9.17, 15) is 4.79 Å². The molecule has 1 saturated carbocycles. The Kier molecular flexibility index (Phi) is 5.81. The fourth-order valence-electron chi connectivity index (χ4n) is 3.39. The van der Waals surface area contributed by atoms with Gasteiger partial charge in [0, 0.05) is 22.3 Å². The molecule has 134 valence electrons. The zero-order valence-corrected chi connectivity index (χ0v) is 15.6. The van der Waals surface area contributed by atoms with Gasteiger partial charge in [0.05, 0.1) is 11.3 Å². The van der Waals surface area contributed by atoms with E-state index in [1.165, 1.54) is 0 Å². The average molecular weight is 359 g/mol. The quantitative estimate of drug-likeness (QED) is 0.772. The minimum absolute atomic E-state index is 0.00721. The first kappa shape index (κ1) is 18.0. The van der Waals surface area contributed by atoms with Crippen LogP contribution in [0.5, 0.6) is 0 Å². The highest BCUT2D eigenvalue weighted by atomic mass is 32.2. The molecule has 1 aromatic carbocycles. The molecule has 0 saturated heterocycles. The van der Waals surface area contributed by atoms with Crippen molar-refractivity contribution in [2.75, 3.05) is 6.54 Å². The molecular weight excluding hydrogens is 334 g/mol. The number of hydrogen-bond acceptors (Lipinski definition) is 5. The molecule has 5 nitrogen and oxygen atoms in total. The Bertz CT molecular complexity index is 725. The van der Waals surface area contributed by atoms with Crippen LogP contribution in [0.2, 0.25) is 0 Å². The van der Waals surface area contributed by atoms with E-state index in [4.69, 9.17) is 10.3 Å². The van der Waals surface area contributed by atoms with E-state index in [0.29, 0.717) is 12.5 Å². The van der Waals surface area contributed by atoms with Gasteiger partial charge in [-0.15, -0.1) is 11.8 Å². The lowest BCUT2D eigenvalue weighted by atomic mass is 10.0. The third-order valence-corrected chi connectivity index (χ3v) is 6.06. The summed E-state index contributed by atoms with van der Waals surface area (Å²) in [6.45, 7) is 4.49. The summed E-state index contributed by atoms with van der Waals surface area (Å²) in [6.07, 6.45) is 3.25. The Hall–Kier alpha value is -1.79. The van der Waals surface area contributed by atoms with Crippen LogP contribution >= 0.6 is 11.8 Å². The summed E-state index contributed by atoms with van der Waals surface area (Å²) in [6, 6.07) is 7.94. The highest BCUT2D eigenvalue weighted by Gasteiger charge is 2.28. The number of thioether (sulfide) groups is 1. The van der Waals surface area contributed by atoms with Gasteiger partial charge in [-0.25, -0.2) is 0 Å². The van der Waals surface area contributed by atoms with Gasteiger partial charge in [-0.2, -0.15) is 0 Å². The molecule has 3 rings (SSSR count). The Balaban J connectivity index is 1.71. The van der Waals surface area contributed by atoms with Crippen LogP contribution in [0.4, 0.5) is 0 Å². The number of carbonyl (C=O) groups is 1. The van der Waals surface area contributed by atoms with Crippen molar-refractivity contribution >= 4 is 17.7 Å². The molecular formula is C19H25N3O2S. The number of carbonyl (C=O) groups excluding carboxylic acids is 1. The molecule has 0 aliphatic heterocycles. The molecule has 0 radical (unpaired) electrons. The number of nitrogens with one attached hydrogen (secondary N) is 1. The molecule has 1 aliphatic rings. The van der Waals surface area contributed by atoms with Gasteiger partial charge in [-0.3, -0.25) is 4.79 Å². The first-order chi connectivity index (χ1) is 12.1. The summed E-state index contributed by atoms with van der Waals surface area (Å²) in [5, 5.41) is 7.18. The summed E-state index contributed by atoms with van der Waals surface area (Å²) in [4.78, 5) is 13.8. The fourth-order valence-corrected chi connectivity index (χ4v) is 4.60. The lowest BCUT2D eigenvalue weighted by Gasteiger charge is -2.20. The molecule has 1 heterocycles. The lowest BCUT2D eigenvalue weighted by molar-refractivity contribution is 0.0926. The third-order valence-electron chi connectivity index (χ3n) is 4.96. The summed E-state index contributed by atoms with van der Waals surface area (Å²) in [7, 11) is 0. The summed E-state index contributed by atoms with van der Waals surface area (Å²) >= 11 is 1.64. The van der Waals surface area contributed by atoms with E-state index in [0.717, 1.165) is 52.5 Å². The number of nitrogens with zero attached hydrogens (tertiary/aromatic N) is 1. The second-order valence-corrected chi connectivity index (χ2v) is 7.61. The summed E-state index contributed by atoms with van der Waals surface area (Å²) in [5.41, 5.74) is 8.56. The van der Waals surface area contributed by atoms with E-state index < -0.39 is 0 Å². The standard InChI is InChI=1S/C19H25N3O2S/c1-12-16(13(2)24-22-12)11-25-18-9-4-3-7-15(18)19(23)21-17-8-5-6-14(17)10-20/h3-4,7,9,14,17H,5-6,8,10-11,20H2,1-2H3,(H,21,23). The van der Waals surface area contributed by atoms with Crippen molar-refractivity contribution in [1.29, 1.82) is 0 Å². The van der Waals surface area contributed by atoms with Crippen molar-refractivity contribution in [3.05, 3.63) is 46.8 Å². The molecule has 2 atom stereocenters. The van der Waals surface area contributed by atoms with Crippen LogP contribution in [0.15, 0.2) is 33.7 Å². The molecule has 25 heavy (non-hydrogen) atoms. The third kappa shape index (κ3) is 4.07. The number of aromatic nitrogens is 1. The Morgan fingerprint density at radius 3 is 2.88 bits per heavy atom. The summed E-state index contributed by atoms with van der Waals surface area (Å²) < 4.78 is 5.22. The van der Waals surface area contributed by atoms with E-state index in [2.05, 4.69) is 10.5 Å². The predicted molar refractivity (Wildman–Crippen MR) is 99.6 cm³/mol. The number of nitrogens with two attached hydrogens (primary N) is 1. The second-order valence-electron chi connectivity index (χ2n) is 6.59. The van der Waals surface area contributed by atoms with Gasteiger partial charge in [0.25, 0.3) is 5.91 Å². The number of hydrogen-bond donors (Lipinski definition) is 2. The number of benzene rings is 1. The number of amides is 1. The van der Waals surface area contributed by atoms with Crippen molar-refractivity contribution in [2.45, 2.75) is 49.8 Å². The van der Waals surface area contributed by atoms with E-state index in [-0.39, 0.29) is 11.9 Å². The van der Waals surface area contributed by atoms with E-state index >= 15 is 0 Å². The molecule has 2 unspecified atom stereocenters. The maximum absolute atomic E-state index is 12.8. The topological polar surface area (TPSA) is 81.2 Å². The SMILES string of the molecule is Cc1noc(C)c1CSc1ccccc1C(=O)NC1CCCC1CN. The van der Waals surface area contributed by atoms with Crippen molar-refractivity contribution < 1.29 is 9.32 Å². The first-order valence-electron chi connectivity index (χ1n) is 8.74. The minimum atomic E-state index is -0.00721. The summed E-state index contributed by atoms with van der Waals surface area (Å²) in [5.74, 6) is 1.96. The van der Waals surface area contributed by atoms with Gasteiger partial charge >= 0.3 is 0 Å². The van der Waals surface area contributed by atoms with Crippen molar-refractivity contribution in [3.63, 3.8) is 0 Å². The van der Waals surface area contributed by atoms with Gasteiger partial charge in [0.2, 0.25) is 0 Å². The molecule has 6 heteroatoms. The molecule has 2 aromatic rings. The Morgan fingerprint density at radius 1 is 1.36 bits per heavy atom. The lowest BCUT2D eigenvalue weighted by Crippen LogP contribution is -2.40. The van der Waals surface area contributed by atoms with Crippen molar-refractivity contribution in [2.24, 2.45) is 11.7 Å². The van der Waals surface area contributed by atoms with Gasteiger partial charge in [-0.1, -0.05) is 23.7 Å². The monoisotopic (exact) mass is 359 g/mol. The molecule has 1 amide bonds. The minimum Gasteiger partial charge on any atom is -0.361 e. The van der Waals surface area contributed by atoms with Gasteiger partial charge in [0.15, 0.2) is 0 Å². The first-order valence-corrected chi connectivity index (χ1v) is 9.73. The van der Waals surface area contributed by atoms with E-state index in [1.54, 1.807) is 11.8 Å². The second kappa shape index (κ2) is 8.06. The van der Waals surface area contributed by atoms with Gasteiger partial charge in [0.1, 0.15) is 5.76 Å². The maximum Gasteiger partial charge on any atom is 0.252 e. The van der Waals surface area contributed by atoms with Crippen LogP contribution in [-0.2, 0) is 5.75 Å². The Morgan fingerprint density at radius 2 is 2.16 bits per heavy atom. The zero-order valence-electron chi connectivity index (χ0n) is 14.7. The fraction of sp³-hybridized carbons (Fsp3) is 0.474. The van der Waals surface area contributed by atoms with Gasteiger partial charge in [-0.05, 0) is 51.3 Å². The molecule has 0 bridgehead atoms.